The first-order valence-electron chi connectivity index (χ1n) is 11.6. The Morgan fingerprint density at radius 1 is 1.12 bits per heavy atom. The van der Waals surface area contributed by atoms with Crippen LogP contribution in [0, 0.1) is 29.6 Å². The van der Waals surface area contributed by atoms with Gasteiger partial charge in [-0.1, -0.05) is 51.0 Å². The second-order valence-electron chi connectivity index (χ2n) is 9.61. The van der Waals surface area contributed by atoms with Crippen LogP contribution >= 0.6 is 0 Å². The molecule has 2 aliphatic heterocycles. The molecule has 8 nitrogen and oxygen atoms in total. The number of rotatable bonds is 6. The maximum absolute atomic E-state index is 12.4. The van der Waals surface area contributed by atoms with Crippen LogP contribution < -0.4 is 0 Å². The van der Waals surface area contributed by atoms with E-state index < -0.39 is 12.3 Å². The number of ether oxygens (including phenoxy) is 4. The Balaban J connectivity index is 1.47. The van der Waals surface area contributed by atoms with Gasteiger partial charge in [0.1, 0.15) is 6.61 Å². The molecule has 0 amide bonds. The molecule has 4 rings (SSSR count). The van der Waals surface area contributed by atoms with Gasteiger partial charge in [-0.15, -0.1) is 0 Å². The van der Waals surface area contributed by atoms with Gasteiger partial charge in [-0.2, -0.15) is 0 Å². The number of benzene rings is 1. The molecule has 1 aromatic rings. The van der Waals surface area contributed by atoms with Crippen LogP contribution in [0.3, 0.4) is 0 Å². The van der Waals surface area contributed by atoms with E-state index in [0.29, 0.717) is 36.0 Å². The molecule has 0 N–H and O–H groups in total. The van der Waals surface area contributed by atoms with Gasteiger partial charge in [-0.25, -0.2) is 4.79 Å². The Morgan fingerprint density at radius 2 is 1.88 bits per heavy atom. The van der Waals surface area contributed by atoms with Gasteiger partial charge in [-0.05, 0) is 47.8 Å². The third kappa shape index (κ3) is 4.50. The molecule has 0 aromatic heterocycles. The maximum atomic E-state index is 12.4. The van der Waals surface area contributed by atoms with Crippen LogP contribution in [0.2, 0.25) is 0 Å². The minimum Gasteiger partial charge on any atom is -0.459 e. The number of carbonyl (C=O) groups excluding carboxylic acids is 1. The monoisotopic (exact) mass is 443 g/mol. The predicted molar refractivity (Wildman–Crippen MR) is 118 cm³/mol. The lowest BCUT2D eigenvalue weighted by atomic mass is 9.73. The van der Waals surface area contributed by atoms with E-state index >= 15 is 0 Å². The second kappa shape index (κ2) is 9.79. The predicted octanol–water partition coefficient (Wildman–Crippen LogP) is 4.60. The Morgan fingerprint density at radius 3 is 2.59 bits per heavy atom. The lowest BCUT2D eigenvalue weighted by Crippen LogP contribution is -2.54. The molecule has 0 radical (unpaired) electrons. The summed E-state index contributed by atoms with van der Waals surface area (Å²) in [7, 11) is 0. The van der Waals surface area contributed by atoms with Gasteiger partial charge in [0, 0.05) is 10.8 Å². The van der Waals surface area contributed by atoms with E-state index in [0.717, 1.165) is 6.42 Å². The summed E-state index contributed by atoms with van der Waals surface area (Å²) in [4.78, 5) is 15.5. The highest BCUT2D eigenvalue weighted by atomic mass is 16.7. The fourth-order valence-electron chi connectivity index (χ4n) is 5.35. The maximum Gasteiger partial charge on any atom is 0.338 e. The van der Waals surface area contributed by atoms with Crippen LogP contribution in [-0.2, 0) is 18.9 Å². The number of esters is 1. The number of nitrogens with zero attached hydrogens (tertiary/aromatic N) is 3. The molecular weight excluding hydrogens is 410 g/mol. The highest BCUT2D eigenvalue weighted by Crippen LogP contribution is 2.44. The summed E-state index contributed by atoms with van der Waals surface area (Å²) in [6.45, 7) is 9.27. The van der Waals surface area contributed by atoms with Gasteiger partial charge in [0.05, 0.1) is 36.5 Å². The Bertz CT molecular complexity index is 845. The Hall–Kier alpha value is -2.12. The van der Waals surface area contributed by atoms with E-state index in [1.54, 1.807) is 24.3 Å². The number of carbonyl (C=O) groups is 1. The highest BCUT2D eigenvalue weighted by Gasteiger charge is 2.50. The van der Waals surface area contributed by atoms with Crippen molar-refractivity contribution in [2.24, 2.45) is 34.7 Å². The smallest absolute Gasteiger partial charge is 0.338 e. The fraction of sp³-hybridized carbons (Fsp3) is 0.708. The van der Waals surface area contributed by atoms with Crippen LogP contribution in [0.15, 0.2) is 35.4 Å². The zero-order chi connectivity index (χ0) is 22.8. The van der Waals surface area contributed by atoms with Crippen molar-refractivity contribution < 1.29 is 23.7 Å². The fourth-order valence-corrected chi connectivity index (χ4v) is 5.35. The third-order valence-corrected chi connectivity index (χ3v) is 7.86. The van der Waals surface area contributed by atoms with Crippen LogP contribution in [0.25, 0.3) is 10.4 Å². The zero-order valence-corrected chi connectivity index (χ0v) is 19.2. The van der Waals surface area contributed by atoms with Gasteiger partial charge in [0.25, 0.3) is 0 Å². The summed E-state index contributed by atoms with van der Waals surface area (Å²) in [5, 5.41) is 4.04. The van der Waals surface area contributed by atoms with Gasteiger partial charge in [0.15, 0.2) is 6.29 Å². The van der Waals surface area contributed by atoms with Crippen molar-refractivity contribution in [3.63, 3.8) is 0 Å². The minimum absolute atomic E-state index is 0.00831. The second-order valence-corrected chi connectivity index (χ2v) is 9.61. The molecular formula is C24H33N3O5. The lowest BCUT2D eigenvalue weighted by Gasteiger charge is -2.46. The van der Waals surface area contributed by atoms with Crippen molar-refractivity contribution in [2.75, 3.05) is 13.2 Å². The summed E-state index contributed by atoms with van der Waals surface area (Å²) in [5.74, 6) is 0.655. The van der Waals surface area contributed by atoms with E-state index in [1.807, 2.05) is 19.9 Å². The number of hydrogen-bond acceptors (Lipinski definition) is 6. The Labute approximate surface area is 189 Å². The molecule has 3 aliphatic rings. The summed E-state index contributed by atoms with van der Waals surface area (Å²) >= 11 is 0. The summed E-state index contributed by atoms with van der Waals surface area (Å²) < 4.78 is 24.4. The first-order chi connectivity index (χ1) is 15.4. The zero-order valence-electron chi connectivity index (χ0n) is 19.2. The van der Waals surface area contributed by atoms with Crippen molar-refractivity contribution in [1.29, 1.82) is 0 Å². The van der Waals surface area contributed by atoms with E-state index in [4.69, 9.17) is 18.9 Å². The lowest BCUT2D eigenvalue weighted by molar-refractivity contribution is -0.268. The molecule has 1 saturated carbocycles. The third-order valence-electron chi connectivity index (χ3n) is 7.86. The molecule has 2 saturated heterocycles. The van der Waals surface area contributed by atoms with Gasteiger partial charge in [-0.3, -0.25) is 0 Å². The SMILES string of the molecule is CC1C(COC(=O)c2ccccc2)OC(OC2C3COC(C3)[C@@H](C)[C@H]2C)C(N=[N+]=[N-])[C@H]1C. The first-order valence-corrected chi connectivity index (χ1v) is 11.6. The summed E-state index contributed by atoms with van der Waals surface area (Å²) in [5.41, 5.74) is 9.68. The largest absolute Gasteiger partial charge is 0.459 e. The van der Waals surface area contributed by atoms with E-state index in [2.05, 4.69) is 23.9 Å². The Kier molecular flexibility index (Phi) is 7.05. The average Bonchev–Trinajstić information content (AvgIpc) is 3.26. The molecule has 7 unspecified atom stereocenters. The van der Waals surface area contributed by atoms with Crippen LogP contribution in [-0.4, -0.2) is 49.8 Å². The van der Waals surface area contributed by atoms with Crippen molar-refractivity contribution in [1.82, 2.24) is 0 Å². The average molecular weight is 444 g/mol. The molecule has 8 heteroatoms. The first kappa shape index (κ1) is 23.1. The number of fused-ring (bicyclic) bond motifs is 2. The molecule has 1 aliphatic carbocycles. The van der Waals surface area contributed by atoms with Crippen LogP contribution in [0.5, 0.6) is 0 Å². The minimum atomic E-state index is -0.686. The standard InChI is InChI=1S/C24H33N3O5/c1-13-15(3)21(26-27-25)24(32-22-16(4)14(2)19-10-18(22)11-29-19)31-20(13)12-30-23(28)17-8-6-5-7-9-17/h5-9,13-16,18-22,24H,10-12H2,1-4H3/t13?,14-,15-,16+,18?,19?,20?,21?,22?,24?/m0/s1. The van der Waals surface area contributed by atoms with Crippen LogP contribution in [0.4, 0.5) is 0 Å². The summed E-state index contributed by atoms with van der Waals surface area (Å²) in [6.07, 6.45) is 0.211. The highest BCUT2D eigenvalue weighted by molar-refractivity contribution is 5.89. The quantitative estimate of drug-likeness (QED) is 0.277. The van der Waals surface area contributed by atoms with E-state index in [9.17, 15) is 10.3 Å². The van der Waals surface area contributed by atoms with Crippen molar-refractivity contribution in [3.05, 3.63) is 46.3 Å². The molecule has 2 heterocycles. The molecule has 3 fully saturated rings. The van der Waals surface area contributed by atoms with Crippen molar-refractivity contribution in [3.8, 4) is 0 Å². The van der Waals surface area contributed by atoms with Crippen molar-refractivity contribution >= 4 is 5.97 Å². The summed E-state index contributed by atoms with van der Waals surface area (Å²) in [6, 6.07) is 8.46. The molecule has 174 valence electrons. The van der Waals surface area contributed by atoms with Gasteiger partial charge < -0.3 is 18.9 Å². The van der Waals surface area contributed by atoms with Crippen molar-refractivity contribution in [2.45, 2.75) is 64.8 Å². The molecule has 0 spiro atoms. The molecule has 1 aromatic carbocycles. The number of hydrogen-bond donors (Lipinski definition) is 0. The normalized spacial score (nSPS) is 41.0. The van der Waals surface area contributed by atoms with Gasteiger partial charge in [0.2, 0.25) is 0 Å². The molecule has 2 bridgehead atoms. The van der Waals surface area contributed by atoms with E-state index in [-0.39, 0.29) is 36.6 Å². The topological polar surface area (TPSA) is 103 Å². The molecule has 10 atom stereocenters. The number of azide groups is 1. The molecule has 32 heavy (non-hydrogen) atoms. The van der Waals surface area contributed by atoms with Gasteiger partial charge >= 0.3 is 5.97 Å². The van der Waals surface area contributed by atoms with Crippen LogP contribution in [0.1, 0.15) is 44.5 Å². The van der Waals surface area contributed by atoms with E-state index in [1.165, 1.54) is 0 Å².